The summed E-state index contributed by atoms with van der Waals surface area (Å²) in [5.41, 5.74) is 3.67. The summed E-state index contributed by atoms with van der Waals surface area (Å²) >= 11 is 0. The summed E-state index contributed by atoms with van der Waals surface area (Å²) in [6, 6.07) is 17.4. The van der Waals surface area contributed by atoms with E-state index < -0.39 is 0 Å². The highest BCUT2D eigenvalue weighted by Gasteiger charge is 2.08. The van der Waals surface area contributed by atoms with Gasteiger partial charge in [0.05, 0.1) is 7.11 Å². The van der Waals surface area contributed by atoms with Gasteiger partial charge in [-0.15, -0.1) is 0 Å². The molecule has 0 atom stereocenters. The molecule has 0 aliphatic rings. The van der Waals surface area contributed by atoms with Gasteiger partial charge >= 0.3 is 0 Å². The van der Waals surface area contributed by atoms with Crippen LogP contribution in [-0.4, -0.2) is 23.0 Å². The third-order valence-corrected chi connectivity index (χ3v) is 4.11. The fraction of sp³-hybridized carbons (Fsp3) is 0.190. The van der Waals surface area contributed by atoms with Crippen LogP contribution in [0, 0.1) is 6.92 Å². The number of amides is 1. The van der Waals surface area contributed by atoms with Gasteiger partial charge in [0.1, 0.15) is 23.6 Å². The van der Waals surface area contributed by atoms with E-state index >= 15 is 0 Å². The topological polar surface area (TPSA) is 76.1 Å². The van der Waals surface area contributed by atoms with Crippen LogP contribution in [0.2, 0.25) is 0 Å². The lowest BCUT2D eigenvalue weighted by atomic mass is 10.1. The quantitative estimate of drug-likeness (QED) is 0.674. The summed E-state index contributed by atoms with van der Waals surface area (Å²) < 4.78 is 5.13. The van der Waals surface area contributed by atoms with Gasteiger partial charge in [-0.3, -0.25) is 4.79 Å². The van der Waals surface area contributed by atoms with E-state index in [4.69, 9.17) is 4.74 Å². The molecule has 0 radical (unpaired) electrons. The molecule has 27 heavy (non-hydrogen) atoms. The Hall–Kier alpha value is -3.41. The highest BCUT2D eigenvalue weighted by atomic mass is 16.5. The Morgan fingerprint density at radius 1 is 0.963 bits per heavy atom. The second kappa shape index (κ2) is 8.80. The molecular formula is C21H22N4O2. The molecular weight excluding hydrogens is 340 g/mol. The molecule has 0 spiro atoms. The maximum Gasteiger partial charge on any atom is 0.270 e. The zero-order chi connectivity index (χ0) is 19.1. The third-order valence-electron chi connectivity index (χ3n) is 4.11. The monoisotopic (exact) mass is 362 g/mol. The average molecular weight is 362 g/mol. The number of benzene rings is 2. The lowest BCUT2D eigenvalue weighted by molar-refractivity contribution is 0.0946. The average Bonchev–Trinajstić information content (AvgIpc) is 2.72. The number of carbonyl (C=O) groups is 1. The lowest BCUT2D eigenvalue weighted by Crippen LogP contribution is -2.24. The van der Waals surface area contributed by atoms with E-state index in [9.17, 15) is 4.79 Å². The summed E-state index contributed by atoms with van der Waals surface area (Å²) in [6.45, 7) is 3.10. The fourth-order valence-electron chi connectivity index (χ4n) is 2.49. The van der Waals surface area contributed by atoms with Crippen molar-refractivity contribution >= 4 is 11.7 Å². The second-order valence-electron chi connectivity index (χ2n) is 6.16. The van der Waals surface area contributed by atoms with Gasteiger partial charge in [-0.1, -0.05) is 42.0 Å². The van der Waals surface area contributed by atoms with Crippen molar-refractivity contribution in [3.05, 3.63) is 83.3 Å². The number of aromatic nitrogens is 2. The Bertz CT molecular complexity index is 893. The minimum atomic E-state index is -0.244. The number of nitrogens with one attached hydrogen (secondary N) is 2. The van der Waals surface area contributed by atoms with Gasteiger partial charge in [0.25, 0.3) is 5.91 Å². The summed E-state index contributed by atoms with van der Waals surface area (Å²) in [7, 11) is 1.62. The first kappa shape index (κ1) is 18.4. The number of anilines is 1. The van der Waals surface area contributed by atoms with E-state index in [1.807, 2.05) is 24.3 Å². The maximum absolute atomic E-state index is 12.4. The number of rotatable bonds is 7. The summed E-state index contributed by atoms with van der Waals surface area (Å²) in [6.07, 6.45) is 1.39. The van der Waals surface area contributed by atoms with E-state index in [2.05, 4.69) is 51.8 Å². The molecule has 2 N–H and O–H groups in total. The Labute approximate surface area is 158 Å². The minimum absolute atomic E-state index is 0.244. The van der Waals surface area contributed by atoms with E-state index in [1.165, 1.54) is 11.9 Å². The standard InChI is InChI=1S/C21H22N4O2/c1-15-3-5-16(6-4-15)12-22-20-11-19(24-14-25-20)21(26)23-13-17-7-9-18(27-2)10-8-17/h3-11,14H,12-13H2,1-2H3,(H,23,26)(H,22,24,25). The largest absolute Gasteiger partial charge is 0.497 e. The second-order valence-corrected chi connectivity index (χ2v) is 6.16. The number of methoxy groups -OCH3 is 1. The highest BCUT2D eigenvalue weighted by molar-refractivity contribution is 5.92. The van der Waals surface area contributed by atoms with E-state index in [1.54, 1.807) is 13.2 Å². The van der Waals surface area contributed by atoms with Gasteiger partial charge in [-0.05, 0) is 30.2 Å². The first-order valence-electron chi connectivity index (χ1n) is 8.66. The number of aryl methyl sites for hydroxylation is 1. The van der Waals surface area contributed by atoms with Crippen LogP contribution in [0.3, 0.4) is 0 Å². The first-order chi connectivity index (χ1) is 13.1. The zero-order valence-electron chi connectivity index (χ0n) is 15.4. The fourth-order valence-corrected chi connectivity index (χ4v) is 2.49. The smallest absolute Gasteiger partial charge is 0.270 e. The molecule has 0 bridgehead atoms. The van der Waals surface area contributed by atoms with Crippen molar-refractivity contribution in [1.29, 1.82) is 0 Å². The third kappa shape index (κ3) is 5.28. The molecule has 0 unspecified atom stereocenters. The molecule has 3 aromatic rings. The van der Waals surface area contributed by atoms with Crippen LogP contribution >= 0.6 is 0 Å². The highest BCUT2D eigenvalue weighted by Crippen LogP contribution is 2.12. The van der Waals surface area contributed by atoms with Gasteiger partial charge in [-0.25, -0.2) is 9.97 Å². The minimum Gasteiger partial charge on any atom is -0.497 e. The van der Waals surface area contributed by atoms with Crippen molar-refractivity contribution in [1.82, 2.24) is 15.3 Å². The van der Waals surface area contributed by atoms with E-state index in [-0.39, 0.29) is 5.91 Å². The predicted molar refractivity (Wildman–Crippen MR) is 105 cm³/mol. The van der Waals surface area contributed by atoms with Gasteiger partial charge < -0.3 is 15.4 Å². The van der Waals surface area contributed by atoms with Crippen LogP contribution in [-0.2, 0) is 13.1 Å². The summed E-state index contributed by atoms with van der Waals surface area (Å²) in [5, 5.41) is 6.08. The molecule has 6 nitrogen and oxygen atoms in total. The van der Waals surface area contributed by atoms with Crippen molar-refractivity contribution in [2.45, 2.75) is 20.0 Å². The van der Waals surface area contributed by atoms with Gasteiger partial charge in [-0.2, -0.15) is 0 Å². The normalized spacial score (nSPS) is 10.3. The van der Waals surface area contributed by atoms with Crippen molar-refractivity contribution in [3.63, 3.8) is 0 Å². The molecule has 0 fully saturated rings. The Morgan fingerprint density at radius 3 is 2.33 bits per heavy atom. The molecule has 0 aliphatic heterocycles. The molecule has 0 saturated carbocycles. The van der Waals surface area contributed by atoms with Gasteiger partial charge in [0.2, 0.25) is 0 Å². The van der Waals surface area contributed by atoms with E-state index in [0.717, 1.165) is 16.9 Å². The molecule has 1 aromatic heterocycles. The number of hydrogen-bond donors (Lipinski definition) is 2. The molecule has 2 aromatic carbocycles. The van der Waals surface area contributed by atoms with Crippen LogP contribution in [0.15, 0.2) is 60.9 Å². The van der Waals surface area contributed by atoms with Crippen molar-refractivity contribution in [2.75, 3.05) is 12.4 Å². The van der Waals surface area contributed by atoms with Crippen molar-refractivity contribution in [2.24, 2.45) is 0 Å². The first-order valence-corrected chi connectivity index (χ1v) is 8.66. The van der Waals surface area contributed by atoms with Crippen LogP contribution in [0.25, 0.3) is 0 Å². The maximum atomic E-state index is 12.4. The van der Waals surface area contributed by atoms with Crippen LogP contribution in [0.5, 0.6) is 5.75 Å². The molecule has 0 saturated heterocycles. The van der Waals surface area contributed by atoms with Gasteiger partial charge in [0.15, 0.2) is 0 Å². The number of ether oxygens (including phenoxy) is 1. The SMILES string of the molecule is COc1ccc(CNC(=O)c2cc(NCc3ccc(C)cc3)ncn2)cc1. The van der Waals surface area contributed by atoms with Crippen LogP contribution in [0.1, 0.15) is 27.2 Å². The number of hydrogen-bond acceptors (Lipinski definition) is 5. The molecule has 6 heteroatoms. The number of carbonyl (C=O) groups excluding carboxylic acids is 1. The lowest BCUT2D eigenvalue weighted by Gasteiger charge is -2.08. The van der Waals surface area contributed by atoms with Crippen LogP contribution < -0.4 is 15.4 Å². The van der Waals surface area contributed by atoms with Crippen molar-refractivity contribution in [3.8, 4) is 5.75 Å². The van der Waals surface area contributed by atoms with Crippen molar-refractivity contribution < 1.29 is 9.53 Å². The van der Waals surface area contributed by atoms with Crippen LogP contribution in [0.4, 0.5) is 5.82 Å². The molecule has 0 aliphatic carbocycles. The van der Waals surface area contributed by atoms with E-state index in [0.29, 0.717) is 24.6 Å². The zero-order valence-corrected chi connectivity index (χ0v) is 15.4. The number of nitrogens with zero attached hydrogens (tertiary/aromatic N) is 2. The Kier molecular flexibility index (Phi) is 5.99. The summed E-state index contributed by atoms with van der Waals surface area (Å²) in [4.78, 5) is 20.6. The molecule has 1 amide bonds. The Balaban J connectivity index is 1.56. The molecule has 138 valence electrons. The summed E-state index contributed by atoms with van der Waals surface area (Å²) in [5.74, 6) is 1.15. The molecule has 3 rings (SSSR count). The Morgan fingerprint density at radius 2 is 1.63 bits per heavy atom. The van der Waals surface area contributed by atoms with Gasteiger partial charge in [0, 0.05) is 19.2 Å². The molecule has 1 heterocycles. The predicted octanol–water partition coefficient (Wildman–Crippen LogP) is 3.34.